The van der Waals surface area contributed by atoms with Crippen molar-refractivity contribution < 1.29 is 9.32 Å². The van der Waals surface area contributed by atoms with Gasteiger partial charge >= 0.3 is 0 Å². The van der Waals surface area contributed by atoms with E-state index in [0.29, 0.717) is 6.54 Å². The van der Waals surface area contributed by atoms with E-state index < -0.39 is 0 Å². The Balaban J connectivity index is 2.80. The number of rotatable bonds is 3. The van der Waals surface area contributed by atoms with Crippen molar-refractivity contribution in [3.05, 3.63) is 17.5 Å². The van der Waals surface area contributed by atoms with Crippen molar-refractivity contribution >= 4 is 6.08 Å². The van der Waals surface area contributed by atoms with Gasteiger partial charge in [0.05, 0.1) is 12.2 Å². The molecule has 15 heavy (non-hydrogen) atoms. The summed E-state index contributed by atoms with van der Waals surface area (Å²) in [5.74, 6) is 0.936. The standard InChI is InChI=1S/C11H16N2O2/c1-8(6-12-7-14)9-5-10(15-13-9)11(2,3)4/h5,8H,6H2,1-4H3. The normalized spacial score (nSPS) is 13.3. The molecule has 1 atom stereocenters. The SMILES string of the molecule is CC(CN=C=O)c1cc(C(C)(C)C)on1. The van der Waals surface area contributed by atoms with Gasteiger partial charge in [-0.2, -0.15) is 0 Å². The fourth-order valence-corrected chi connectivity index (χ4v) is 1.14. The first-order valence-electron chi connectivity index (χ1n) is 4.96. The second kappa shape index (κ2) is 4.41. The molecule has 0 aliphatic carbocycles. The van der Waals surface area contributed by atoms with Crippen molar-refractivity contribution in [3.8, 4) is 0 Å². The minimum atomic E-state index is -0.0428. The average Bonchev–Trinajstić information content (AvgIpc) is 2.62. The molecule has 0 N–H and O–H groups in total. The number of hydrogen-bond acceptors (Lipinski definition) is 4. The first-order valence-corrected chi connectivity index (χ1v) is 4.96. The van der Waals surface area contributed by atoms with Gasteiger partial charge in [0.2, 0.25) is 6.08 Å². The van der Waals surface area contributed by atoms with Crippen molar-refractivity contribution in [2.24, 2.45) is 4.99 Å². The fourth-order valence-electron chi connectivity index (χ4n) is 1.14. The molecule has 0 spiro atoms. The van der Waals surface area contributed by atoms with Crippen LogP contribution in [-0.2, 0) is 10.2 Å². The lowest BCUT2D eigenvalue weighted by molar-refractivity contribution is 0.324. The zero-order chi connectivity index (χ0) is 11.5. The minimum absolute atomic E-state index is 0.0428. The molecule has 1 rings (SSSR count). The molecule has 0 fully saturated rings. The average molecular weight is 208 g/mol. The summed E-state index contributed by atoms with van der Waals surface area (Å²) in [6.07, 6.45) is 1.52. The van der Waals surface area contributed by atoms with Crippen LogP contribution in [0, 0.1) is 0 Å². The van der Waals surface area contributed by atoms with E-state index >= 15 is 0 Å². The van der Waals surface area contributed by atoms with Crippen molar-refractivity contribution in [3.63, 3.8) is 0 Å². The zero-order valence-electron chi connectivity index (χ0n) is 9.57. The molecule has 0 radical (unpaired) electrons. The Morgan fingerprint density at radius 2 is 2.27 bits per heavy atom. The summed E-state index contributed by atoms with van der Waals surface area (Å²) < 4.78 is 5.24. The van der Waals surface area contributed by atoms with E-state index in [-0.39, 0.29) is 11.3 Å². The highest BCUT2D eigenvalue weighted by molar-refractivity contribution is 5.33. The van der Waals surface area contributed by atoms with Crippen LogP contribution in [0.5, 0.6) is 0 Å². The summed E-state index contributed by atoms with van der Waals surface area (Å²) in [6.45, 7) is 8.54. The van der Waals surface area contributed by atoms with Crippen LogP contribution in [0.1, 0.15) is 45.1 Å². The van der Waals surface area contributed by atoms with Gasteiger partial charge in [-0.25, -0.2) is 9.79 Å². The molecule has 0 bridgehead atoms. The van der Waals surface area contributed by atoms with Gasteiger partial charge < -0.3 is 4.52 Å². The maximum atomic E-state index is 9.97. The third-order valence-corrected chi connectivity index (χ3v) is 2.20. The van der Waals surface area contributed by atoms with Crippen LogP contribution in [0.3, 0.4) is 0 Å². The number of aliphatic imine (C=N–C) groups is 1. The quantitative estimate of drug-likeness (QED) is 0.566. The van der Waals surface area contributed by atoms with Gasteiger partial charge in [-0.05, 0) is 0 Å². The highest BCUT2D eigenvalue weighted by Crippen LogP contribution is 2.25. The molecular weight excluding hydrogens is 192 g/mol. The molecular formula is C11H16N2O2. The van der Waals surface area contributed by atoms with Crippen LogP contribution < -0.4 is 0 Å². The van der Waals surface area contributed by atoms with Crippen LogP contribution in [0.25, 0.3) is 0 Å². The van der Waals surface area contributed by atoms with Crippen LogP contribution in [0.2, 0.25) is 0 Å². The highest BCUT2D eigenvalue weighted by Gasteiger charge is 2.21. The predicted octanol–water partition coefficient (Wildman–Crippen LogP) is 2.41. The van der Waals surface area contributed by atoms with Crippen LogP contribution >= 0.6 is 0 Å². The number of isocyanates is 1. The van der Waals surface area contributed by atoms with Crippen molar-refractivity contribution in [1.82, 2.24) is 5.16 Å². The summed E-state index contributed by atoms with van der Waals surface area (Å²) in [5.41, 5.74) is 0.790. The zero-order valence-corrected chi connectivity index (χ0v) is 9.57. The Kier molecular flexibility index (Phi) is 3.43. The Hall–Kier alpha value is -1.41. The van der Waals surface area contributed by atoms with Crippen LogP contribution in [0.15, 0.2) is 15.6 Å². The Morgan fingerprint density at radius 3 is 2.73 bits per heavy atom. The lowest BCUT2D eigenvalue weighted by Crippen LogP contribution is -2.09. The molecule has 4 nitrogen and oxygen atoms in total. The van der Waals surface area contributed by atoms with Gasteiger partial charge in [-0.15, -0.1) is 0 Å². The first-order chi connectivity index (χ1) is 6.95. The van der Waals surface area contributed by atoms with Gasteiger partial charge in [-0.3, -0.25) is 0 Å². The third-order valence-electron chi connectivity index (χ3n) is 2.20. The number of nitrogens with zero attached hydrogens (tertiary/aromatic N) is 2. The minimum Gasteiger partial charge on any atom is -0.361 e. The molecule has 0 saturated heterocycles. The molecule has 0 aromatic carbocycles. The Morgan fingerprint density at radius 1 is 1.60 bits per heavy atom. The van der Waals surface area contributed by atoms with Crippen molar-refractivity contribution in [2.75, 3.05) is 6.54 Å². The smallest absolute Gasteiger partial charge is 0.234 e. The molecule has 0 aliphatic heterocycles. The highest BCUT2D eigenvalue weighted by atomic mass is 16.5. The summed E-state index contributed by atoms with van der Waals surface area (Å²) in [4.78, 5) is 13.5. The van der Waals surface area contributed by atoms with Crippen molar-refractivity contribution in [2.45, 2.75) is 39.0 Å². The fraction of sp³-hybridized carbons (Fsp3) is 0.636. The molecule has 1 heterocycles. The van der Waals surface area contributed by atoms with E-state index in [4.69, 9.17) is 4.52 Å². The second-order valence-electron chi connectivity index (χ2n) is 4.70. The van der Waals surface area contributed by atoms with Gasteiger partial charge in [0, 0.05) is 17.4 Å². The molecule has 0 saturated carbocycles. The van der Waals surface area contributed by atoms with E-state index in [1.807, 2.05) is 13.0 Å². The number of carbonyl (C=O) groups excluding carboxylic acids is 1. The summed E-state index contributed by atoms with van der Waals surface area (Å²) >= 11 is 0. The van der Waals surface area contributed by atoms with Gasteiger partial charge in [0.1, 0.15) is 5.76 Å². The van der Waals surface area contributed by atoms with Crippen molar-refractivity contribution in [1.29, 1.82) is 0 Å². The monoisotopic (exact) mass is 208 g/mol. The third kappa shape index (κ3) is 3.03. The Labute approximate surface area is 89.4 Å². The van der Waals surface area contributed by atoms with E-state index in [2.05, 4.69) is 30.9 Å². The lowest BCUT2D eigenvalue weighted by Gasteiger charge is -2.12. The largest absolute Gasteiger partial charge is 0.361 e. The summed E-state index contributed by atoms with van der Waals surface area (Å²) in [5, 5.41) is 3.97. The molecule has 0 aliphatic rings. The van der Waals surface area contributed by atoms with E-state index in [9.17, 15) is 4.79 Å². The topological polar surface area (TPSA) is 55.5 Å². The second-order valence-corrected chi connectivity index (χ2v) is 4.70. The maximum absolute atomic E-state index is 9.97. The lowest BCUT2D eigenvalue weighted by atomic mass is 9.92. The van der Waals surface area contributed by atoms with E-state index in [0.717, 1.165) is 11.5 Å². The summed E-state index contributed by atoms with van der Waals surface area (Å²) in [6, 6.07) is 1.92. The van der Waals surface area contributed by atoms with E-state index in [1.54, 1.807) is 0 Å². The molecule has 0 amide bonds. The summed E-state index contributed by atoms with van der Waals surface area (Å²) in [7, 11) is 0. The first kappa shape index (κ1) is 11.7. The van der Waals surface area contributed by atoms with Gasteiger partial charge in [0.15, 0.2) is 0 Å². The van der Waals surface area contributed by atoms with Crippen LogP contribution in [-0.4, -0.2) is 17.8 Å². The predicted molar refractivity (Wildman–Crippen MR) is 56.6 cm³/mol. The van der Waals surface area contributed by atoms with E-state index in [1.165, 1.54) is 6.08 Å². The molecule has 1 unspecified atom stereocenters. The molecule has 4 heteroatoms. The van der Waals surface area contributed by atoms with Gasteiger partial charge in [-0.1, -0.05) is 32.9 Å². The molecule has 1 aromatic heterocycles. The van der Waals surface area contributed by atoms with Gasteiger partial charge in [0.25, 0.3) is 0 Å². The maximum Gasteiger partial charge on any atom is 0.234 e. The Bertz CT molecular complexity index is 370. The molecule has 1 aromatic rings. The van der Waals surface area contributed by atoms with Crippen LogP contribution in [0.4, 0.5) is 0 Å². The number of aromatic nitrogens is 1. The number of hydrogen-bond donors (Lipinski definition) is 0. The molecule has 82 valence electrons.